The zero-order chi connectivity index (χ0) is 29.7. The minimum atomic E-state index is -1.93. The Morgan fingerprint density at radius 3 is 2.45 bits per heavy atom. The summed E-state index contributed by atoms with van der Waals surface area (Å²) in [6.45, 7) is 8.12. The second-order valence-corrected chi connectivity index (χ2v) is 18.0. The topological polar surface area (TPSA) is 69.4 Å². The van der Waals surface area contributed by atoms with E-state index in [9.17, 15) is 5.11 Å². The van der Waals surface area contributed by atoms with Crippen LogP contribution in [-0.4, -0.2) is 54.1 Å². The lowest BCUT2D eigenvalue weighted by Gasteiger charge is -2.36. The number of halogens is 1. The van der Waals surface area contributed by atoms with Gasteiger partial charge < -0.3 is 14.6 Å². The molecule has 6 nitrogen and oxygen atoms in total. The highest BCUT2D eigenvalue weighted by Gasteiger charge is 2.50. The molecule has 0 radical (unpaired) electrons. The normalized spacial score (nSPS) is 21.4. The monoisotopic (exact) mass is 695 g/mol. The van der Waals surface area contributed by atoms with E-state index in [1.54, 1.807) is 7.11 Å². The average Bonchev–Trinajstić information content (AvgIpc) is 3.60. The van der Waals surface area contributed by atoms with Crippen molar-refractivity contribution in [1.29, 1.82) is 0 Å². The van der Waals surface area contributed by atoms with Gasteiger partial charge in [0.2, 0.25) is 0 Å². The van der Waals surface area contributed by atoms with Crippen molar-refractivity contribution in [2.24, 2.45) is 5.92 Å². The predicted molar refractivity (Wildman–Crippen MR) is 179 cm³/mol. The number of rotatable bonds is 12. The van der Waals surface area contributed by atoms with Crippen LogP contribution in [0.1, 0.15) is 42.5 Å². The molecule has 4 aromatic rings. The SMILES string of the molecule is COc1ccc([Si](C)(C)[C@H]2[C@H](C)[C@H](CCc3cccc(I)c3)O[C@@H]2CCn2cc(C(CO)c3ccccc3)nn2)cc1. The van der Waals surface area contributed by atoms with E-state index in [0.717, 1.165) is 42.8 Å². The molecule has 1 unspecified atom stereocenters. The van der Waals surface area contributed by atoms with Crippen LogP contribution in [0.4, 0.5) is 0 Å². The number of methoxy groups -OCH3 is 1. The number of aryl methyl sites for hydroxylation is 2. The molecule has 2 heterocycles. The van der Waals surface area contributed by atoms with Gasteiger partial charge in [0, 0.05) is 16.3 Å². The Balaban J connectivity index is 1.34. The van der Waals surface area contributed by atoms with Crippen LogP contribution in [0.5, 0.6) is 5.75 Å². The highest BCUT2D eigenvalue weighted by atomic mass is 127. The number of nitrogens with zero attached hydrogens (tertiary/aromatic N) is 3. The molecule has 8 heteroatoms. The van der Waals surface area contributed by atoms with Crippen LogP contribution in [0.3, 0.4) is 0 Å². The summed E-state index contributed by atoms with van der Waals surface area (Å²) in [4.78, 5) is 0. The van der Waals surface area contributed by atoms with Gasteiger partial charge in [-0.05, 0) is 88.7 Å². The summed E-state index contributed by atoms with van der Waals surface area (Å²) < 4.78 is 15.6. The molecule has 3 aromatic carbocycles. The average molecular weight is 696 g/mol. The van der Waals surface area contributed by atoms with E-state index in [0.29, 0.717) is 11.5 Å². The van der Waals surface area contributed by atoms with E-state index >= 15 is 0 Å². The molecule has 1 saturated heterocycles. The molecular formula is C34H42IN3O3Si. The maximum atomic E-state index is 10.1. The van der Waals surface area contributed by atoms with Crippen molar-refractivity contribution in [2.75, 3.05) is 13.7 Å². The smallest absolute Gasteiger partial charge is 0.118 e. The predicted octanol–water partition coefficient (Wildman–Crippen LogP) is 6.43. The Bertz CT molecular complexity index is 1430. The molecule has 1 fully saturated rings. The van der Waals surface area contributed by atoms with Gasteiger partial charge in [-0.25, -0.2) is 0 Å². The van der Waals surface area contributed by atoms with Crippen LogP contribution >= 0.6 is 22.6 Å². The van der Waals surface area contributed by atoms with Crippen molar-refractivity contribution in [3.63, 3.8) is 0 Å². The van der Waals surface area contributed by atoms with Gasteiger partial charge in [0.15, 0.2) is 0 Å². The van der Waals surface area contributed by atoms with E-state index < -0.39 is 8.07 Å². The summed E-state index contributed by atoms with van der Waals surface area (Å²) >= 11 is 2.39. The van der Waals surface area contributed by atoms with E-state index in [2.05, 4.69) is 101 Å². The number of hydrogen-bond acceptors (Lipinski definition) is 5. The van der Waals surface area contributed by atoms with Gasteiger partial charge in [-0.2, -0.15) is 0 Å². The standard InChI is InChI=1S/C34H42IN3O3Si/c1-24-32(18-13-25-9-8-12-27(35)21-25)41-33(34(24)42(3,4)29-16-14-28(40-2)15-17-29)19-20-38-22-31(36-37-38)30(23-39)26-10-6-5-7-11-26/h5-12,14-17,21-22,24,30,32-34,39H,13,18-20,23H2,1-4H3/t24-,30?,32+,33-,34+/m1/s1. The molecule has 5 atom stereocenters. The Morgan fingerprint density at radius 2 is 1.76 bits per heavy atom. The van der Waals surface area contributed by atoms with Crippen molar-refractivity contribution in [1.82, 2.24) is 15.0 Å². The van der Waals surface area contributed by atoms with Crippen LogP contribution in [0.2, 0.25) is 18.6 Å². The minimum Gasteiger partial charge on any atom is -0.497 e. The molecule has 0 spiro atoms. The van der Waals surface area contributed by atoms with Gasteiger partial charge >= 0.3 is 0 Å². The first-order valence-corrected chi connectivity index (χ1v) is 19.1. The molecule has 1 N–H and O–H groups in total. The fourth-order valence-corrected chi connectivity index (χ4v) is 11.5. The highest BCUT2D eigenvalue weighted by molar-refractivity contribution is 14.1. The lowest BCUT2D eigenvalue weighted by Crippen LogP contribution is -2.50. The Morgan fingerprint density at radius 1 is 1.00 bits per heavy atom. The molecule has 5 rings (SSSR count). The number of benzene rings is 3. The lowest BCUT2D eigenvalue weighted by atomic mass is 9.95. The molecule has 1 aliphatic rings. The van der Waals surface area contributed by atoms with E-state index in [1.165, 1.54) is 14.3 Å². The van der Waals surface area contributed by atoms with Crippen LogP contribution in [0, 0.1) is 9.49 Å². The number of hydrogen-bond donors (Lipinski definition) is 1. The molecule has 222 valence electrons. The number of aliphatic hydroxyl groups excluding tert-OH is 1. The maximum Gasteiger partial charge on any atom is 0.118 e. The van der Waals surface area contributed by atoms with Crippen LogP contribution in [0.15, 0.2) is 85.1 Å². The van der Waals surface area contributed by atoms with Gasteiger partial charge in [-0.1, -0.05) is 85.0 Å². The molecule has 0 saturated carbocycles. The van der Waals surface area contributed by atoms with E-state index in [-0.39, 0.29) is 24.7 Å². The van der Waals surface area contributed by atoms with E-state index in [4.69, 9.17) is 9.47 Å². The first-order chi connectivity index (χ1) is 20.3. The first kappa shape index (κ1) is 30.9. The lowest BCUT2D eigenvalue weighted by molar-refractivity contribution is 0.0249. The number of aromatic nitrogens is 3. The summed E-state index contributed by atoms with van der Waals surface area (Å²) in [6.07, 6.45) is 5.25. The third-order valence-corrected chi connectivity index (χ3v) is 14.2. The molecule has 42 heavy (non-hydrogen) atoms. The second kappa shape index (κ2) is 13.8. The first-order valence-electron chi connectivity index (χ1n) is 14.9. The molecule has 0 bridgehead atoms. The maximum absolute atomic E-state index is 10.1. The van der Waals surface area contributed by atoms with Crippen molar-refractivity contribution < 1.29 is 14.6 Å². The summed E-state index contributed by atoms with van der Waals surface area (Å²) in [5, 5.41) is 20.5. The highest BCUT2D eigenvalue weighted by Crippen LogP contribution is 2.46. The third kappa shape index (κ3) is 6.98. The van der Waals surface area contributed by atoms with Crippen molar-refractivity contribution >= 4 is 35.9 Å². The van der Waals surface area contributed by atoms with Gasteiger partial charge in [0.1, 0.15) is 5.75 Å². The Kier molecular flexibility index (Phi) is 10.2. The molecule has 0 amide bonds. The second-order valence-electron chi connectivity index (χ2n) is 12.1. The Hall–Kier alpha value is -2.53. The van der Waals surface area contributed by atoms with Crippen molar-refractivity contribution in [3.8, 4) is 5.75 Å². The van der Waals surface area contributed by atoms with Crippen LogP contribution in [-0.2, 0) is 17.7 Å². The van der Waals surface area contributed by atoms with Crippen LogP contribution in [0.25, 0.3) is 0 Å². The Labute approximate surface area is 264 Å². The van der Waals surface area contributed by atoms with Gasteiger partial charge in [-0.3, -0.25) is 4.68 Å². The summed E-state index contributed by atoms with van der Waals surface area (Å²) in [7, 11) is -0.209. The molecule has 0 aliphatic carbocycles. The largest absolute Gasteiger partial charge is 0.497 e. The fraction of sp³-hybridized carbons (Fsp3) is 0.412. The fourth-order valence-electron chi connectivity index (χ4n) is 6.81. The van der Waals surface area contributed by atoms with E-state index in [1.807, 2.05) is 41.2 Å². The summed E-state index contributed by atoms with van der Waals surface area (Å²) in [5.74, 6) is 1.16. The van der Waals surface area contributed by atoms with Gasteiger partial charge in [0.25, 0.3) is 0 Å². The summed E-state index contributed by atoms with van der Waals surface area (Å²) in [5.41, 5.74) is 3.67. The zero-order valence-corrected chi connectivity index (χ0v) is 28.1. The third-order valence-electron chi connectivity index (χ3n) is 9.12. The molecule has 1 aliphatic heterocycles. The van der Waals surface area contributed by atoms with Crippen molar-refractivity contribution in [3.05, 3.63) is 105 Å². The molecule has 1 aromatic heterocycles. The van der Waals surface area contributed by atoms with Gasteiger partial charge in [-0.15, -0.1) is 5.10 Å². The number of ether oxygens (including phenoxy) is 2. The quantitative estimate of drug-likeness (QED) is 0.137. The van der Waals surface area contributed by atoms with Gasteiger partial charge in [0.05, 0.1) is 45.6 Å². The molecular weight excluding hydrogens is 653 g/mol. The number of aliphatic hydroxyl groups is 1. The minimum absolute atomic E-state index is 0.00215. The zero-order valence-electron chi connectivity index (χ0n) is 25.0. The van der Waals surface area contributed by atoms with Crippen LogP contribution < -0.4 is 9.92 Å². The van der Waals surface area contributed by atoms with Crippen molar-refractivity contribution in [2.45, 2.75) is 69.5 Å². The summed E-state index contributed by atoms with van der Waals surface area (Å²) in [6, 6.07) is 27.5.